The molecule has 2 unspecified atom stereocenters. The van der Waals surface area contributed by atoms with Crippen molar-refractivity contribution >= 4 is 11.6 Å². The van der Waals surface area contributed by atoms with Gasteiger partial charge in [0.15, 0.2) is 0 Å². The van der Waals surface area contributed by atoms with Crippen LogP contribution in [0.1, 0.15) is 52.9 Å². The maximum absolute atomic E-state index is 12.8. The second-order valence-corrected chi connectivity index (χ2v) is 6.32. The minimum atomic E-state index is -0.705. The summed E-state index contributed by atoms with van der Waals surface area (Å²) in [6.45, 7) is 7.36. The molecule has 0 aliphatic heterocycles. The summed E-state index contributed by atoms with van der Waals surface area (Å²) in [4.78, 5) is 17.0. The highest BCUT2D eigenvalue weighted by atomic mass is 16.5. The van der Waals surface area contributed by atoms with Crippen LogP contribution in [0, 0.1) is 5.92 Å². The van der Waals surface area contributed by atoms with Gasteiger partial charge >= 0.3 is 0 Å². The molecule has 1 fully saturated rings. The molecule has 2 atom stereocenters. The van der Waals surface area contributed by atoms with E-state index in [-0.39, 0.29) is 5.91 Å². The standard InChI is InChI=1S/C18H28N2O3/c1-4-11-22-16-9-8-15(13-19-16)20-17(21)18(23-5-2)10-6-7-14(3)12-18/h8-9,13-14H,4-7,10-12H2,1-3H3,(H,20,21). The fourth-order valence-electron chi connectivity index (χ4n) is 3.17. The molecule has 1 heterocycles. The van der Waals surface area contributed by atoms with Crippen molar-refractivity contribution in [2.45, 2.75) is 58.5 Å². The molecule has 1 aromatic heterocycles. The Morgan fingerprint density at radius 3 is 2.87 bits per heavy atom. The summed E-state index contributed by atoms with van der Waals surface area (Å²) in [5.74, 6) is 1.02. The third-order valence-corrected chi connectivity index (χ3v) is 4.24. The first-order chi connectivity index (χ1) is 11.1. The molecule has 0 aromatic carbocycles. The first-order valence-electron chi connectivity index (χ1n) is 8.64. The monoisotopic (exact) mass is 320 g/mol. The van der Waals surface area contributed by atoms with E-state index in [0.717, 1.165) is 32.1 Å². The number of hydrogen-bond acceptors (Lipinski definition) is 4. The van der Waals surface area contributed by atoms with Gasteiger partial charge in [-0.25, -0.2) is 4.98 Å². The van der Waals surface area contributed by atoms with Crippen LogP contribution in [0.2, 0.25) is 0 Å². The second-order valence-electron chi connectivity index (χ2n) is 6.32. The summed E-state index contributed by atoms with van der Waals surface area (Å²) < 4.78 is 11.3. The molecule has 1 saturated carbocycles. The van der Waals surface area contributed by atoms with Gasteiger partial charge < -0.3 is 14.8 Å². The molecule has 1 N–H and O–H groups in total. The fourth-order valence-corrected chi connectivity index (χ4v) is 3.17. The number of carbonyl (C=O) groups excluding carboxylic acids is 1. The molecule has 5 nitrogen and oxygen atoms in total. The summed E-state index contributed by atoms with van der Waals surface area (Å²) in [6, 6.07) is 3.60. The molecule has 2 rings (SSSR count). The molecule has 1 aliphatic carbocycles. The average Bonchev–Trinajstić information content (AvgIpc) is 2.54. The molecule has 1 aliphatic rings. The zero-order valence-electron chi connectivity index (χ0n) is 14.4. The van der Waals surface area contributed by atoms with E-state index >= 15 is 0 Å². The first-order valence-corrected chi connectivity index (χ1v) is 8.64. The van der Waals surface area contributed by atoms with E-state index in [0.29, 0.717) is 30.7 Å². The van der Waals surface area contributed by atoms with Gasteiger partial charge in [0.1, 0.15) is 5.60 Å². The van der Waals surface area contributed by atoms with Crippen LogP contribution in [0.15, 0.2) is 18.3 Å². The van der Waals surface area contributed by atoms with E-state index < -0.39 is 5.60 Å². The lowest BCUT2D eigenvalue weighted by molar-refractivity contribution is -0.147. The van der Waals surface area contributed by atoms with Crippen LogP contribution in [0.5, 0.6) is 5.88 Å². The van der Waals surface area contributed by atoms with Gasteiger partial charge in [-0.2, -0.15) is 0 Å². The van der Waals surface area contributed by atoms with Crippen molar-refractivity contribution in [3.63, 3.8) is 0 Å². The first kappa shape index (κ1) is 17.7. The normalized spacial score (nSPS) is 24.2. The lowest BCUT2D eigenvalue weighted by atomic mass is 9.78. The Hall–Kier alpha value is -1.62. The van der Waals surface area contributed by atoms with Gasteiger partial charge in [-0.3, -0.25) is 4.79 Å². The maximum atomic E-state index is 12.8. The van der Waals surface area contributed by atoms with Crippen molar-refractivity contribution in [1.82, 2.24) is 4.98 Å². The highest BCUT2D eigenvalue weighted by molar-refractivity contribution is 5.97. The number of nitrogens with zero attached hydrogens (tertiary/aromatic N) is 1. The van der Waals surface area contributed by atoms with Gasteiger partial charge in [0.25, 0.3) is 5.91 Å². The lowest BCUT2D eigenvalue weighted by Gasteiger charge is -2.38. The van der Waals surface area contributed by atoms with Crippen LogP contribution in [0.4, 0.5) is 5.69 Å². The number of pyridine rings is 1. The van der Waals surface area contributed by atoms with Crippen molar-refractivity contribution in [2.24, 2.45) is 5.92 Å². The second kappa shape index (κ2) is 8.29. The number of hydrogen-bond donors (Lipinski definition) is 1. The number of anilines is 1. The number of ether oxygens (including phenoxy) is 2. The molecule has 23 heavy (non-hydrogen) atoms. The molecule has 128 valence electrons. The minimum Gasteiger partial charge on any atom is -0.478 e. The van der Waals surface area contributed by atoms with Gasteiger partial charge in [0.2, 0.25) is 5.88 Å². The van der Waals surface area contributed by atoms with Crippen molar-refractivity contribution in [2.75, 3.05) is 18.5 Å². The van der Waals surface area contributed by atoms with Crippen LogP contribution in [0.3, 0.4) is 0 Å². The molecule has 5 heteroatoms. The third kappa shape index (κ3) is 4.67. The van der Waals surface area contributed by atoms with Crippen molar-refractivity contribution in [3.05, 3.63) is 18.3 Å². The molecule has 0 radical (unpaired) electrons. The molecule has 0 saturated heterocycles. The fraction of sp³-hybridized carbons (Fsp3) is 0.667. The molecular weight excluding hydrogens is 292 g/mol. The largest absolute Gasteiger partial charge is 0.478 e. The molecule has 1 amide bonds. The smallest absolute Gasteiger partial charge is 0.256 e. The summed E-state index contributed by atoms with van der Waals surface area (Å²) in [6.07, 6.45) is 6.31. The highest BCUT2D eigenvalue weighted by Crippen LogP contribution is 2.36. The Labute approximate surface area is 138 Å². The Bertz CT molecular complexity index is 499. The quantitative estimate of drug-likeness (QED) is 0.830. The lowest BCUT2D eigenvalue weighted by Crippen LogP contribution is -2.48. The molecule has 0 spiro atoms. The number of nitrogens with one attached hydrogen (secondary N) is 1. The van der Waals surface area contributed by atoms with E-state index in [2.05, 4.69) is 17.2 Å². The van der Waals surface area contributed by atoms with Crippen LogP contribution in [-0.4, -0.2) is 29.7 Å². The Morgan fingerprint density at radius 1 is 1.43 bits per heavy atom. The van der Waals surface area contributed by atoms with E-state index in [4.69, 9.17) is 9.47 Å². The number of rotatable bonds is 7. The van der Waals surface area contributed by atoms with Crippen molar-refractivity contribution in [3.8, 4) is 5.88 Å². The third-order valence-electron chi connectivity index (χ3n) is 4.24. The SMILES string of the molecule is CCCOc1ccc(NC(=O)C2(OCC)CCCC(C)C2)cn1. The van der Waals surface area contributed by atoms with E-state index in [1.54, 1.807) is 12.3 Å². The molecular formula is C18H28N2O3. The minimum absolute atomic E-state index is 0.0603. The van der Waals surface area contributed by atoms with Gasteiger partial charge in [-0.05, 0) is 44.6 Å². The Morgan fingerprint density at radius 2 is 2.26 bits per heavy atom. The van der Waals surface area contributed by atoms with E-state index in [1.807, 2.05) is 19.9 Å². The highest BCUT2D eigenvalue weighted by Gasteiger charge is 2.42. The average molecular weight is 320 g/mol. The predicted octanol–water partition coefficient (Wildman–Crippen LogP) is 3.79. The summed E-state index contributed by atoms with van der Waals surface area (Å²) in [7, 11) is 0. The maximum Gasteiger partial charge on any atom is 0.256 e. The van der Waals surface area contributed by atoms with E-state index in [1.165, 1.54) is 0 Å². The van der Waals surface area contributed by atoms with Crippen LogP contribution in [-0.2, 0) is 9.53 Å². The number of aromatic nitrogens is 1. The van der Waals surface area contributed by atoms with Crippen molar-refractivity contribution < 1.29 is 14.3 Å². The summed E-state index contributed by atoms with van der Waals surface area (Å²) in [5, 5.41) is 2.96. The van der Waals surface area contributed by atoms with Crippen LogP contribution in [0.25, 0.3) is 0 Å². The van der Waals surface area contributed by atoms with Crippen LogP contribution >= 0.6 is 0 Å². The summed E-state index contributed by atoms with van der Waals surface area (Å²) >= 11 is 0. The molecule has 1 aromatic rings. The van der Waals surface area contributed by atoms with Gasteiger partial charge in [-0.15, -0.1) is 0 Å². The zero-order valence-corrected chi connectivity index (χ0v) is 14.4. The summed E-state index contributed by atoms with van der Waals surface area (Å²) in [5.41, 5.74) is -0.0276. The van der Waals surface area contributed by atoms with Gasteiger partial charge in [0.05, 0.1) is 18.5 Å². The zero-order chi connectivity index (χ0) is 16.7. The van der Waals surface area contributed by atoms with Gasteiger partial charge in [-0.1, -0.05) is 20.3 Å². The number of carbonyl (C=O) groups is 1. The van der Waals surface area contributed by atoms with Gasteiger partial charge in [0, 0.05) is 12.7 Å². The Balaban J connectivity index is 2.03. The topological polar surface area (TPSA) is 60.5 Å². The van der Waals surface area contributed by atoms with Crippen molar-refractivity contribution in [1.29, 1.82) is 0 Å². The van der Waals surface area contributed by atoms with Crippen LogP contribution < -0.4 is 10.1 Å². The molecule has 0 bridgehead atoms. The number of amides is 1. The van der Waals surface area contributed by atoms with E-state index in [9.17, 15) is 4.79 Å². The predicted molar refractivity (Wildman–Crippen MR) is 90.6 cm³/mol. The Kier molecular flexibility index (Phi) is 6.39.